The summed E-state index contributed by atoms with van der Waals surface area (Å²) in [5.74, 6) is -0.217. The molecule has 0 spiro atoms. The van der Waals surface area contributed by atoms with Crippen LogP contribution < -0.4 is 4.72 Å². The first-order chi connectivity index (χ1) is 11.0. The Morgan fingerprint density at radius 3 is 2.57 bits per heavy atom. The maximum absolute atomic E-state index is 12.2. The fraction of sp³-hybridized carbons (Fsp3) is 0.250. The molecule has 2 aromatic rings. The summed E-state index contributed by atoms with van der Waals surface area (Å²) in [7, 11) is -3.62. The first kappa shape index (κ1) is 15.6. The van der Waals surface area contributed by atoms with Gasteiger partial charge in [0.15, 0.2) is 0 Å². The molecule has 0 bridgehead atoms. The average Bonchev–Trinajstić information content (AvgIpc) is 2.48. The van der Waals surface area contributed by atoms with Crippen LogP contribution in [0.25, 0.3) is 0 Å². The number of sulfonamides is 1. The Kier molecular flexibility index (Phi) is 4.14. The van der Waals surface area contributed by atoms with E-state index in [4.69, 9.17) is 0 Å². The van der Waals surface area contributed by atoms with Crippen LogP contribution >= 0.6 is 0 Å². The summed E-state index contributed by atoms with van der Waals surface area (Å²) in [5.41, 5.74) is 2.43. The van der Waals surface area contributed by atoms with Crippen molar-refractivity contribution in [1.29, 1.82) is 0 Å². The highest BCUT2D eigenvalue weighted by Crippen LogP contribution is 2.34. The summed E-state index contributed by atoms with van der Waals surface area (Å²) >= 11 is 0. The maximum atomic E-state index is 12.2. The lowest BCUT2D eigenvalue weighted by Gasteiger charge is -2.30. The van der Waals surface area contributed by atoms with E-state index < -0.39 is 20.7 Å². The van der Waals surface area contributed by atoms with Crippen molar-refractivity contribution < 1.29 is 13.3 Å². The lowest BCUT2D eigenvalue weighted by Crippen LogP contribution is -2.33. The molecule has 7 heteroatoms. The zero-order valence-electron chi connectivity index (χ0n) is 12.3. The number of hydrogen-bond donors (Lipinski definition) is 1. The zero-order chi connectivity index (χ0) is 16.4. The van der Waals surface area contributed by atoms with Crippen LogP contribution in [0.5, 0.6) is 0 Å². The average molecular weight is 332 g/mol. The van der Waals surface area contributed by atoms with E-state index in [9.17, 15) is 18.5 Å². The van der Waals surface area contributed by atoms with Crippen molar-refractivity contribution in [2.75, 3.05) is 6.54 Å². The molecule has 1 atom stereocenters. The molecule has 0 saturated carbocycles. The smallest absolute Gasteiger partial charge is 0.258 e. The molecule has 0 unspecified atom stereocenters. The standard InChI is InChI=1S/C16H16N2O4S/c19-18(20)16-8-4-2-6-13(16)11-23(21,22)17-10-14-9-12-5-1-3-7-15(12)14/h1-8,14,17H,9-11H2/t14-/m1/s1. The molecule has 6 nitrogen and oxygen atoms in total. The SMILES string of the molecule is O=[N+]([O-])c1ccccc1CS(=O)(=O)NC[C@H]1Cc2ccccc21. The Morgan fingerprint density at radius 2 is 1.83 bits per heavy atom. The van der Waals surface area contributed by atoms with E-state index in [1.165, 1.54) is 29.3 Å². The van der Waals surface area contributed by atoms with Crippen molar-refractivity contribution in [1.82, 2.24) is 4.72 Å². The highest BCUT2D eigenvalue weighted by molar-refractivity contribution is 7.88. The number of benzene rings is 2. The second-order valence-electron chi connectivity index (χ2n) is 5.59. The van der Waals surface area contributed by atoms with Crippen LogP contribution in [0.15, 0.2) is 48.5 Å². The Balaban J connectivity index is 1.66. The van der Waals surface area contributed by atoms with Gasteiger partial charge in [-0.3, -0.25) is 10.1 Å². The number of fused-ring (bicyclic) bond motifs is 1. The van der Waals surface area contributed by atoms with Gasteiger partial charge in [0.1, 0.15) is 0 Å². The first-order valence-corrected chi connectivity index (χ1v) is 8.89. The maximum Gasteiger partial charge on any atom is 0.273 e. The molecule has 2 aromatic carbocycles. The Bertz CT molecular complexity index is 849. The van der Waals surface area contributed by atoms with Crippen LogP contribution in [0.4, 0.5) is 5.69 Å². The van der Waals surface area contributed by atoms with Crippen LogP contribution in [0.3, 0.4) is 0 Å². The summed E-state index contributed by atoms with van der Waals surface area (Å²) in [4.78, 5) is 10.4. The fourth-order valence-electron chi connectivity index (χ4n) is 2.84. The van der Waals surface area contributed by atoms with Crippen LogP contribution in [0, 0.1) is 10.1 Å². The largest absolute Gasteiger partial charge is 0.273 e. The van der Waals surface area contributed by atoms with Crippen LogP contribution in [-0.4, -0.2) is 19.9 Å². The van der Waals surface area contributed by atoms with Crippen molar-refractivity contribution in [3.05, 3.63) is 75.3 Å². The number of hydrogen-bond acceptors (Lipinski definition) is 4. The summed E-state index contributed by atoms with van der Waals surface area (Å²) in [6.07, 6.45) is 0.851. The minimum Gasteiger partial charge on any atom is -0.258 e. The molecule has 0 aromatic heterocycles. The van der Waals surface area contributed by atoms with E-state index in [1.54, 1.807) is 6.07 Å². The predicted molar refractivity (Wildman–Crippen MR) is 86.6 cm³/mol. The van der Waals surface area contributed by atoms with Gasteiger partial charge in [0.05, 0.1) is 10.7 Å². The molecule has 23 heavy (non-hydrogen) atoms. The monoisotopic (exact) mass is 332 g/mol. The molecule has 1 aliphatic rings. The molecular formula is C16H16N2O4S. The van der Waals surface area contributed by atoms with Gasteiger partial charge in [0.2, 0.25) is 10.0 Å². The van der Waals surface area contributed by atoms with Gasteiger partial charge in [-0.25, -0.2) is 13.1 Å². The van der Waals surface area contributed by atoms with Gasteiger partial charge >= 0.3 is 0 Å². The molecule has 3 rings (SSSR count). The third-order valence-electron chi connectivity index (χ3n) is 4.04. The van der Waals surface area contributed by atoms with E-state index in [0.29, 0.717) is 6.54 Å². The summed E-state index contributed by atoms with van der Waals surface area (Å²) in [6, 6.07) is 13.8. The highest BCUT2D eigenvalue weighted by atomic mass is 32.2. The number of nitro benzene ring substituents is 1. The highest BCUT2D eigenvalue weighted by Gasteiger charge is 2.27. The van der Waals surface area contributed by atoms with Crippen LogP contribution in [0.1, 0.15) is 22.6 Å². The molecule has 1 aliphatic carbocycles. The predicted octanol–water partition coefficient (Wildman–Crippen LogP) is 2.35. The molecule has 0 heterocycles. The van der Waals surface area contributed by atoms with Gasteiger partial charge < -0.3 is 0 Å². The third-order valence-corrected chi connectivity index (χ3v) is 5.34. The summed E-state index contributed by atoms with van der Waals surface area (Å²) in [5, 5.41) is 11.0. The molecular weight excluding hydrogens is 316 g/mol. The second-order valence-corrected chi connectivity index (χ2v) is 7.40. The Labute approximate surface area is 134 Å². The molecule has 120 valence electrons. The lowest BCUT2D eigenvalue weighted by atomic mass is 9.78. The van der Waals surface area contributed by atoms with Gasteiger partial charge in [0, 0.05) is 24.1 Å². The Hall–Kier alpha value is -2.25. The van der Waals surface area contributed by atoms with Crippen LogP contribution in [-0.2, 0) is 22.2 Å². The van der Waals surface area contributed by atoms with Crippen molar-refractivity contribution in [3.63, 3.8) is 0 Å². The number of nitro groups is 1. The quantitative estimate of drug-likeness (QED) is 0.649. The van der Waals surface area contributed by atoms with Crippen molar-refractivity contribution in [3.8, 4) is 0 Å². The molecule has 0 saturated heterocycles. The zero-order valence-corrected chi connectivity index (χ0v) is 13.1. The second kappa shape index (κ2) is 6.10. The van der Waals surface area contributed by atoms with Gasteiger partial charge in [0.25, 0.3) is 5.69 Å². The van der Waals surface area contributed by atoms with E-state index in [2.05, 4.69) is 4.72 Å². The number of nitrogens with one attached hydrogen (secondary N) is 1. The topological polar surface area (TPSA) is 89.3 Å². The molecule has 0 radical (unpaired) electrons. The van der Waals surface area contributed by atoms with E-state index in [-0.39, 0.29) is 17.2 Å². The fourth-order valence-corrected chi connectivity index (χ4v) is 4.05. The molecule has 1 N–H and O–H groups in total. The normalized spacial score (nSPS) is 16.4. The van der Waals surface area contributed by atoms with Crippen LogP contribution in [0.2, 0.25) is 0 Å². The van der Waals surface area contributed by atoms with E-state index in [0.717, 1.165) is 6.42 Å². The van der Waals surface area contributed by atoms with E-state index in [1.807, 2.05) is 24.3 Å². The van der Waals surface area contributed by atoms with Gasteiger partial charge in [-0.1, -0.05) is 42.5 Å². The number of para-hydroxylation sites is 1. The Morgan fingerprint density at radius 1 is 1.13 bits per heavy atom. The number of rotatable bonds is 6. The number of nitrogens with zero attached hydrogens (tertiary/aromatic N) is 1. The van der Waals surface area contributed by atoms with Gasteiger partial charge in [-0.15, -0.1) is 0 Å². The van der Waals surface area contributed by atoms with Gasteiger partial charge in [-0.05, 0) is 17.5 Å². The van der Waals surface area contributed by atoms with Gasteiger partial charge in [-0.2, -0.15) is 0 Å². The van der Waals surface area contributed by atoms with E-state index >= 15 is 0 Å². The molecule has 0 aliphatic heterocycles. The summed E-state index contributed by atoms with van der Waals surface area (Å²) in [6.45, 7) is 0.319. The lowest BCUT2D eigenvalue weighted by molar-refractivity contribution is -0.385. The minimum absolute atomic E-state index is 0.173. The minimum atomic E-state index is -3.62. The summed E-state index contributed by atoms with van der Waals surface area (Å²) < 4.78 is 27.0. The van der Waals surface area contributed by atoms with Crippen molar-refractivity contribution in [2.45, 2.75) is 18.1 Å². The van der Waals surface area contributed by atoms with Crippen molar-refractivity contribution >= 4 is 15.7 Å². The first-order valence-electron chi connectivity index (χ1n) is 7.24. The third kappa shape index (κ3) is 3.40. The van der Waals surface area contributed by atoms with Crippen molar-refractivity contribution in [2.24, 2.45) is 0 Å². The molecule has 0 amide bonds. The molecule has 0 fully saturated rings.